The molecule has 1 saturated heterocycles. The molecule has 4 N–H and O–H groups in total. The molecule has 0 saturated carbocycles. The molecule has 8 heteroatoms. The van der Waals surface area contributed by atoms with Gasteiger partial charge in [0.15, 0.2) is 5.65 Å². The van der Waals surface area contributed by atoms with E-state index in [-0.39, 0.29) is 5.54 Å². The molecule has 0 spiro atoms. The van der Waals surface area contributed by atoms with Crippen molar-refractivity contribution < 1.29 is 0 Å². The molecule has 0 amide bonds. The molecule has 3 aromatic rings. The third kappa shape index (κ3) is 2.98. The van der Waals surface area contributed by atoms with E-state index in [1.807, 2.05) is 22.7 Å². The zero-order chi connectivity index (χ0) is 18.5. The van der Waals surface area contributed by atoms with Gasteiger partial charge in [-0.25, -0.2) is 9.97 Å². The van der Waals surface area contributed by atoms with E-state index in [2.05, 4.69) is 21.8 Å². The number of aromatic nitrogens is 3. The highest BCUT2D eigenvalue weighted by Crippen LogP contribution is 2.35. The maximum Gasteiger partial charge on any atom is 0.159 e. The Hall–Kier alpha value is -2.02. The standard InChI is InChI=1S/C18H20Cl2N6/c1-18(22)5-7-25(8-6-18)14-10-26-13(24-14)9-23-16(17(26)21)11-3-2-4-12(19)15(11)20/h2-4,9-10H,5-8,21-22H2,1H3. The summed E-state index contributed by atoms with van der Waals surface area (Å²) in [5, 5.41) is 0.904. The van der Waals surface area contributed by atoms with Crippen molar-refractivity contribution in [3.63, 3.8) is 0 Å². The average Bonchev–Trinajstić information content (AvgIpc) is 3.03. The van der Waals surface area contributed by atoms with E-state index in [9.17, 15) is 0 Å². The van der Waals surface area contributed by atoms with Crippen LogP contribution in [0.1, 0.15) is 19.8 Å². The Morgan fingerprint density at radius 3 is 2.65 bits per heavy atom. The van der Waals surface area contributed by atoms with Gasteiger partial charge >= 0.3 is 0 Å². The molecule has 0 unspecified atom stereocenters. The van der Waals surface area contributed by atoms with Crippen LogP contribution in [0, 0.1) is 0 Å². The van der Waals surface area contributed by atoms with Crippen LogP contribution >= 0.6 is 23.2 Å². The highest BCUT2D eigenvalue weighted by atomic mass is 35.5. The van der Waals surface area contributed by atoms with Crippen LogP contribution in [0.3, 0.4) is 0 Å². The predicted octanol–water partition coefficient (Wildman–Crippen LogP) is 3.60. The number of nitrogen functional groups attached to an aromatic ring is 1. The molecule has 3 heterocycles. The second-order valence-electron chi connectivity index (χ2n) is 7.06. The Balaban J connectivity index is 1.74. The summed E-state index contributed by atoms with van der Waals surface area (Å²) in [5.74, 6) is 1.36. The number of anilines is 2. The van der Waals surface area contributed by atoms with E-state index in [4.69, 9.17) is 34.7 Å². The summed E-state index contributed by atoms with van der Waals surface area (Å²) in [5.41, 5.74) is 14.5. The lowest BCUT2D eigenvalue weighted by Crippen LogP contribution is -2.48. The van der Waals surface area contributed by atoms with Gasteiger partial charge in [-0.1, -0.05) is 35.3 Å². The molecule has 6 nitrogen and oxygen atoms in total. The van der Waals surface area contributed by atoms with Crippen LogP contribution < -0.4 is 16.4 Å². The van der Waals surface area contributed by atoms with Gasteiger partial charge in [0.05, 0.1) is 22.4 Å². The maximum absolute atomic E-state index is 6.38. The SMILES string of the molecule is CC1(N)CCN(c2cn3c(N)c(-c4cccc(Cl)c4Cl)ncc3n2)CC1. The molecular weight excluding hydrogens is 371 g/mol. The zero-order valence-corrected chi connectivity index (χ0v) is 15.9. The van der Waals surface area contributed by atoms with Crippen molar-refractivity contribution in [2.75, 3.05) is 23.7 Å². The third-order valence-corrected chi connectivity index (χ3v) is 5.79. The molecule has 0 aliphatic carbocycles. The van der Waals surface area contributed by atoms with Gasteiger partial charge in [0.2, 0.25) is 0 Å². The summed E-state index contributed by atoms with van der Waals surface area (Å²) in [6.45, 7) is 3.84. The van der Waals surface area contributed by atoms with Gasteiger partial charge in [0, 0.05) is 24.2 Å². The quantitative estimate of drug-likeness (QED) is 0.697. The summed E-state index contributed by atoms with van der Waals surface area (Å²) in [6, 6.07) is 5.41. The van der Waals surface area contributed by atoms with E-state index in [0.29, 0.717) is 32.8 Å². The van der Waals surface area contributed by atoms with E-state index >= 15 is 0 Å². The molecule has 0 atom stereocenters. The molecular formula is C18H20Cl2N6. The van der Waals surface area contributed by atoms with Gasteiger partial charge < -0.3 is 16.4 Å². The van der Waals surface area contributed by atoms with Crippen LogP contribution in [0.4, 0.5) is 11.6 Å². The van der Waals surface area contributed by atoms with Gasteiger partial charge in [-0.2, -0.15) is 0 Å². The number of rotatable bonds is 2. The molecule has 1 aliphatic rings. The minimum atomic E-state index is -0.104. The van der Waals surface area contributed by atoms with Crippen LogP contribution in [0.25, 0.3) is 16.9 Å². The molecule has 1 aromatic carbocycles. The van der Waals surface area contributed by atoms with Crippen molar-refractivity contribution in [2.45, 2.75) is 25.3 Å². The van der Waals surface area contributed by atoms with E-state index < -0.39 is 0 Å². The van der Waals surface area contributed by atoms with Crippen molar-refractivity contribution in [2.24, 2.45) is 5.73 Å². The largest absolute Gasteiger partial charge is 0.383 e. The van der Waals surface area contributed by atoms with Crippen molar-refractivity contribution in [3.8, 4) is 11.3 Å². The monoisotopic (exact) mass is 390 g/mol. The Bertz CT molecular complexity index is 971. The van der Waals surface area contributed by atoms with Crippen molar-refractivity contribution in [3.05, 3.63) is 40.6 Å². The summed E-state index contributed by atoms with van der Waals surface area (Å²) >= 11 is 12.5. The summed E-state index contributed by atoms with van der Waals surface area (Å²) in [6.07, 6.45) is 5.49. The number of nitrogens with two attached hydrogens (primary N) is 2. The average molecular weight is 391 g/mol. The number of nitrogens with zero attached hydrogens (tertiary/aromatic N) is 4. The normalized spacial score (nSPS) is 17.0. The third-order valence-electron chi connectivity index (χ3n) is 4.97. The molecule has 4 rings (SSSR count). The van der Waals surface area contributed by atoms with Gasteiger partial charge in [0.1, 0.15) is 17.3 Å². The lowest BCUT2D eigenvalue weighted by molar-refractivity contribution is 0.363. The molecule has 0 radical (unpaired) electrons. The fraction of sp³-hybridized carbons (Fsp3) is 0.333. The van der Waals surface area contributed by atoms with Crippen molar-refractivity contribution in [1.29, 1.82) is 0 Å². The predicted molar refractivity (Wildman–Crippen MR) is 107 cm³/mol. The summed E-state index contributed by atoms with van der Waals surface area (Å²) < 4.78 is 1.84. The molecule has 1 aliphatic heterocycles. The Morgan fingerprint density at radius 1 is 1.19 bits per heavy atom. The van der Waals surface area contributed by atoms with Crippen LogP contribution in [0.2, 0.25) is 10.0 Å². The summed E-state index contributed by atoms with van der Waals surface area (Å²) in [7, 11) is 0. The van der Waals surface area contributed by atoms with Gasteiger partial charge in [0.25, 0.3) is 0 Å². The maximum atomic E-state index is 6.38. The summed E-state index contributed by atoms with van der Waals surface area (Å²) in [4.78, 5) is 11.4. The minimum absolute atomic E-state index is 0.104. The number of piperidine rings is 1. The van der Waals surface area contributed by atoms with E-state index in [1.165, 1.54) is 0 Å². The molecule has 2 aromatic heterocycles. The number of hydrogen-bond acceptors (Lipinski definition) is 5. The first kappa shape index (κ1) is 17.4. The fourth-order valence-corrected chi connectivity index (χ4v) is 3.65. The minimum Gasteiger partial charge on any atom is -0.383 e. The second kappa shape index (κ2) is 6.30. The van der Waals surface area contributed by atoms with E-state index in [1.54, 1.807) is 12.3 Å². The number of fused-ring (bicyclic) bond motifs is 1. The second-order valence-corrected chi connectivity index (χ2v) is 7.85. The van der Waals surface area contributed by atoms with Gasteiger partial charge in [-0.05, 0) is 25.8 Å². The van der Waals surface area contributed by atoms with Crippen molar-refractivity contribution in [1.82, 2.24) is 14.4 Å². The zero-order valence-electron chi connectivity index (χ0n) is 14.4. The van der Waals surface area contributed by atoms with Crippen LogP contribution in [-0.4, -0.2) is 33.0 Å². The number of hydrogen-bond donors (Lipinski definition) is 2. The Labute approximate surface area is 161 Å². The molecule has 26 heavy (non-hydrogen) atoms. The molecule has 0 bridgehead atoms. The Morgan fingerprint density at radius 2 is 1.92 bits per heavy atom. The first-order valence-electron chi connectivity index (χ1n) is 8.47. The van der Waals surface area contributed by atoms with E-state index in [0.717, 1.165) is 31.7 Å². The number of imidazole rings is 1. The van der Waals surface area contributed by atoms with Crippen LogP contribution in [0.15, 0.2) is 30.6 Å². The number of benzene rings is 1. The molecule has 1 fully saturated rings. The lowest BCUT2D eigenvalue weighted by Gasteiger charge is -2.36. The van der Waals surface area contributed by atoms with Crippen LogP contribution in [0.5, 0.6) is 0 Å². The fourth-order valence-electron chi connectivity index (χ4n) is 3.26. The van der Waals surface area contributed by atoms with Crippen molar-refractivity contribution >= 4 is 40.5 Å². The highest BCUT2D eigenvalue weighted by Gasteiger charge is 2.27. The smallest absolute Gasteiger partial charge is 0.159 e. The first-order valence-corrected chi connectivity index (χ1v) is 9.23. The van der Waals surface area contributed by atoms with Crippen LogP contribution in [-0.2, 0) is 0 Å². The van der Waals surface area contributed by atoms with Gasteiger partial charge in [-0.3, -0.25) is 4.40 Å². The Kier molecular flexibility index (Phi) is 4.22. The first-order chi connectivity index (χ1) is 12.4. The lowest BCUT2D eigenvalue weighted by atomic mass is 9.91. The number of halogens is 2. The molecule has 136 valence electrons. The van der Waals surface area contributed by atoms with Gasteiger partial charge in [-0.15, -0.1) is 0 Å². The highest BCUT2D eigenvalue weighted by molar-refractivity contribution is 6.43. The topological polar surface area (TPSA) is 85.5 Å².